The topological polar surface area (TPSA) is 75.7 Å². The van der Waals surface area contributed by atoms with Crippen molar-refractivity contribution < 1.29 is 17.9 Å². The van der Waals surface area contributed by atoms with E-state index in [4.69, 9.17) is 4.74 Å². The van der Waals surface area contributed by atoms with Crippen LogP contribution in [0.2, 0.25) is 0 Å². The minimum atomic E-state index is -3.69. The lowest BCUT2D eigenvalue weighted by molar-refractivity contribution is -0.118. The van der Waals surface area contributed by atoms with Crippen molar-refractivity contribution in [1.29, 1.82) is 0 Å². The van der Waals surface area contributed by atoms with Gasteiger partial charge in [-0.25, -0.2) is 8.42 Å². The maximum Gasteiger partial charge on any atom is 0.261 e. The summed E-state index contributed by atoms with van der Waals surface area (Å²) >= 11 is 0. The van der Waals surface area contributed by atoms with Crippen LogP contribution >= 0.6 is 0 Å². The zero-order valence-corrected chi connectivity index (χ0v) is 14.3. The van der Waals surface area contributed by atoms with Gasteiger partial charge in [0, 0.05) is 24.8 Å². The van der Waals surface area contributed by atoms with Crippen molar-refractivity contribution in [3.63, 3.8) is 0 Å². The Morgan fingerprint density at radius 3 is 2.46 bits per heavy atom. The molecule has 0 fully saturated rings. The van der Waals surface area contributed by atoms with Crippen LogP contribution in [0.5, 0.6) is 5.75 Å². The minimum absolute atomic E-state index is 0.0365. The Kier molecular flexibility index (Phi) is 4.19. The predicted octanol–water partition coefficient (Wildman–Crippen LogP) is 2.41. The van der Waals surface area contributed by atoms with Gasteiger partial charge in [0.1, 0.15) is 5.75 Å². The molecule has 0 aliphatic carbocycles. The molecule has 0 bridgehead atoms. The van der Waals surface area contributed by atoms with Crippen LogP contribution in [0, 0.1) is 0 Å². The number of ether oxygens (including phenoxy) is 1. The highest BCUT2D eigenvalue weighted by molar-refractivity contribution is 7.92. The maximum absolute atomic E-state index is 12.6. The fourth-order valence-corrected chi connectivity index (χ4v) is 3.78. The number of carbonyl (C=O) groups is 1. The Labute approximate surface area is 141 Å². The average Bonchev–Trinajstić information content (AvgIpc) is 2.58. The van der Waals surface area contributed by atoms with Gasteiger partial charge in [0.05, 0.1) is 12.0 Å². The van der Waals surface area contributed by atoms with E-state index in [0.29, 0.717) is 24.3 Å². The summed E-state index contributed by atoms with van der Waals surface area (Å²) in [4.78, 5) is 13.5. The molecule has 3 rings (SSSR count). The molecule has 0 saturated carbocycles. The van der Waals surface area contributed by atoms with Crippen molar-refractivity contribution in [2.75, 3.05) is 23.8 Å². The Balaban J connectivity index is 1.88. The summed E-state index contributed by atoms with van der Waals surface area (Å²) in [7, 11) is -0.443. The number of anilines is 2. The molecule has 7 heteroatoms. The van der Waals surface area contributed by atoms with Gasteiger partial charge < -0.3 is 9.64 Å². The number of nitrogens with zero attached hydrogens (tertiary/aromatic N) is 1. The van der Waals surface area contributed by atoms with Gasteiger partial charge in [-0.15, -0.1) is 0 Å². The smallest absolute Gasteiger partial charge is 0.261 e. The van der Waals surface area contributed by atoms with E-state index >= 15 is 0 Å². The third-order valence-electron chi connectivity index (χ3n) is 4.05. The number of hydrogen-bond donors (Lipinski definition) is 1. The molecule has 1 aliphatic rings. The summed E-state index contributed by atoms with van der Waals surface area (Å²) in [6, 6.07) is 11.5. The summed E-state index contributed by atoms with van der Waals surface area (Å²) in [5.41, 5.74) is 2.07. The van der Waals surface area contributed by atoms with Crippen molar-refractivity contribution in [3.8, 4) is 5.75 Å². The van der Waals surface area contributed by atoms with Gasteiger partial charge in [-0.1, -0.05) is 0 Å². The molecular weight excluding hydrogens is 328 g/mol. The number of amides is 1. The van der Waals surface area contributed by atoms with Crippen LogP contribution < -0.4 is 14.4 Å². The molecule has 0 spiro atoms. The second-order valence-corrected chi connectivity index (χ2v) is 7.26. The van der Waals surface area contributed by atoms with Crippen molar-refractivity contribution in [1.82, 2.24) is 0 Å². The predicted molar refractivity (Wildman–Crippen MR) is 92.0 cm³/mol. The van der Waals surface area contributed by atoms with Gasteiger partial charge >= 0.3 is 0 Å². The quantitative estimate of drug-likeness (QED) is 0.922. The Bertz CT molecular complexity index is 876. The zero-order valence-electron chi connectivity index (χ0n) is 13.4. The summed E-state index contributed by atoms with van der Waals surface area (Å²) in [5, 5.41) is 0. The lowest BCUT2D eigenvalue weighted by Crippen LogP contribution is -2.31. The molecule has 1 aliphatic heterocycles. The van der Waals surface area contributed by atoms with E-state index in [1.54, 1.807) is 55.5 Å². The normalized spacial score (nSPS) is 14.2. The maximum atomic E-state index is 12.6. The van der Waals surface area contributed by atoms with Gasteiger partial charge in [0.2, 0.25) is 5.91 Å². The Hall–Kier alpha value is -2.54. The molecule has 2 aromatic rings. The first-order valence-corrected chi connectivity index (χ1v) is 8.95. The molecule has 0 atom stereocenters. The number of aryl methyl sites for hydroxylation is 1. The molecule has 6 nitrogen and oxygen atoms in total. The average molecular weight is 346 g/mol. The lowest BCUT2D eigenvalue weighted by Gasteiger charge is -2.26. The van der Waals surface area contributed by atoms with Crippen LogP contribution in [0.3, 0.4) is 0 Å². The summed E-state index contributed by atoms with van der Waals surface area (Å²) in [6.07, 6.45) is 0.934. The van der Waals surface area contributed by atoms with E-state index in [2.05, 4.69) is 4.72 Å². The number of rotatable bonds is 4. The van der Waals surface area contributed by atoms with Crippen molar-refractivity contribution in [3.05, 3.63) is 48.0 Å². The Morgan fingerprint density at radius 2 is 1.79 bits per heavy atom. The second-order valence-electron chi connectivity index (χ2n) is 5.58. The molecule has 1 amide bonds. The largest absolute Gasteiger partial charge is 0.497 e. The SMILES string of the molecule is COc1ccc(NS(=O)(=O)c2ccc3c(c2)CCC(=O)N3C)cc1. The number of hydrogen-bond acceptors (Lipinski definition) is 4. The van der Waals surface area contributed by atoms with Crippen molar-refractivity contribution in [2.24, 2.45) is 0 Å². The molecule has 2 aromatic carbocycles. The van der Waals surface area contributed by atoms with Crippen LogP contribution in [-0.2, 0) is 21.2 Å². The van der Waals surface area contributed by atoms with Gasteiger partial charge in [-0.05, 0) is 54.4 Å². The number of nitrogens with one attached hydrogen (secondary N) is 1. The number of sulfonamides is 1. The first-order chi connectivity index (χ1) is 11.4. The highest BCUT2D eigenvalue weighted by Gasteiger charge is 2.23. The molecule has 0 unspecified atom stereocenters. The van der Waals surface area contributed by atoms with Crippen LogP contribution in [0.1, 0.15) is 12.0 Å². The molecular formula is C17H18N2O4S. The third-order valence-corrected chi connectivity index (χ3v) is 5.43. The van der Waals surface area contributed by atoms with E-state index in [1.165, 1.54) is 6.07 Å². The lowest BCUT2D eigenvalue weighted by atomic mass is 10.0. The van der Waals surface area contributed by atoms with Crippen molar-refractivity contribution >= 4 is 27.3 Å². The van der Waals surface area contributed by atoms with E-state index < -0.39 is 10.0 Å². The van der Waals surface area contributed by atoms with Gasteiger partial charge in [0.15, 0.2) is 0 Å². The molecule has 24 heavy (non-hydrogen) atoms. The standard InChI is InChI=1S/C17H18N2O4S/c1-19-16-9-8-15(11-12(16)3-10-17(19)20)24(21,22)18-13-4-6-14(23-2)7-5-13/h4-9,11,18H,3,10H2,1-2H3. The van der Waals surface area contributed by atoms with Crippen LogP contribution in [0.25, 0.3) is 0 Å². The van der Waals surface area contributed by atoms with Gasteiger partial charge in [-0.3, -0.25) is 9.52 Å². The minimum Gasteiger partial charge on any atom is -0.497 e. The summed E-state index contributed by atoms with van der Waals surface area (Å²) in [5.74, 6) is 0.689. The van der Waals surface area contributed by atoms with E-state index in [1.807, 2.05) is 0 Å². The first kappa shape index (κ1) is 16.3. The molecule has 0 saturated heterocycles. The fraction of sp³-hybridized carbons (Fsp3) is 0.235. The van der Waals surface area contributed by atoms with E-state index in [-0.39, 0.29) is 10.8 Å². The van der Waals surface area contributed by atoms with Gasteiger partial charge in [0.25, 0.3) is 10.0 Å². The molecule has 126 valence electrons. The molecule has 0 aromatic heterocycles. The zero-order chi connectivity index (χ0) is 17.3. The number of fused-ring (bicyclic) bond motifs is 1. The van der Waals surface area contributed by atoms with E-state index in [9.17, 15) is 13.2 Å². The molecule has 1 heterocycles. The van der Waals surface area contributed by atoms with Crippen LogP contribution in [0.4, 0.5) is 11.4 Å². The highest BCUT2D eigenvalue weighted by Crippen LogP contribution is 2.29. The highest BCUT2D eigenvalue weighted by atomic mass is 32.2. The fourth-order valence-electron chi connectivity index (χ4n) is 2.67. The van der Waals surface area contributed by atoms with Crippen LogP contribution in [-0.4, -0.2) is 28.5 Å². The Morgan fingerprint density at radius 1 is 1.08 bits per heavy atom. The number of methoxy groups -OCH3 is 1. The summed E-state index contributed by atoms with van der Waals surface area (Å²) in [6.45, 7) is 0. The van der Waals surface area contributed by atoms with Gasteiger partial charge in [-0.2, -0.15) is 0 Å². The van der Waals surface area contributed by atoms with E-state index in [0.717, 1.165) is 11.3 Å². The molecule has 1 N–H and O–H groups in total. The number of carbonyl (C=O) groups excluding carboxylic acids is 1. The summed E-state index contributed by atoms with van der Waals surface area (Å²) < 4.78 is 32.7. The van der Waals surface area contributed by atoms with Crippen molar-refractivity contribution in [2.45, 2.75) is 17.7 Å². The monoisotopic (exact) mass is 346 g/mol. The first-order valence-electron chi connectivity index (χ1n) is 7.47. The molecule has 0 radical (unpaired) electrons. The number of benzene rings is 2. The second kappa shape index (κ2) is 6.16. The van der Waals surface area contributed by atoms with Crippen LogP contribution in [0.15, 0.2) is 47.4 Å². The third kappa shape index (κ3) is 3.07.